The van der Waals surface area contributed by atoms with Crippen LogP contribution in [0.2, 0.25) is 0 Å². The first-order valence-electron chi connectivity index (χ1n) is 11.4. The highest BCUT2D eigenvalue weighted by molar-refractivity contribution is 7.16. The number of nitrogens with zero attached hydrogens (tertiary/aromatic N) is 5. The number of aryl methyl sites for hydroxylation is 1. The molecule has 0 aliphatic carbocycles. The Kier molecular flexibility index (Phi) is 5.65. The third-order valence-electron chi connectivity index (χ3n) is 6.32. The first-order valence-corrected chi connectivity index (χ1v) is 12.3. The first kappa shape index (κ1) is 22.6. The van der Waals surface area contributed by atoms with Gasteiger partial charge in [-0.25, -0.2) is 19.3 Å². The minimum Gasteiger partial charge on any atom is -0.493 e. The summed E-state index contributed by atoms with van der Waals surface area (Å²) in [7, 11) is 3.44. The standard InChI is InChI=1S/C25H23FN6O3S/c1-13(15-9-34-10-15)35-19-7-14(23-20(33-3)8-32(2)31-23)6-18-21(19)25(28-11-27-18)30-16-4-5-17-24(22(16)26)36-12-29-17/h4-8,11-13,15H,9-10H2,1-3H3,(H,27,28,30)/t13-/m0/s1. The zero-order valence-electron chi connectivity index (χ0n) is 19.9. The summed E-state index contributed by atoms with van der Waals surface area (Å²) in [6, 6.07) is 7.25. The van der Waals surface area contributed by atoms with Crippen molar-refractivity contribution in [1.82, 2.24) is 24.7 Å². The summed E-state index contributed by atoms with van der Waals surface area (Å²) in [5, 5.41) is 8.37. The van der Waals surface area contributed by atoms with Gasteiger partial charge in [0.15, 0.2) is 11.6 Å². The van der Waals surface area contributed by atoms with E-state index in [2.05, 4.69) is 25.4 Å². The lowest BCUT2D eigenvalue weighted by Gasteiger charge is -2.32. The van der Waals surface area contributed by atoms with Crippen molar-refractivity contribution in [3.8, 4) is 22.8 Å². The number of ether oxygens (including phenoxy) is 3. The van der Waals surface area contributed by atoms with Gasteiger partial charge >= 0.3 is 0 Å². The molecule has 1 saturated heterocycles. The van der Waals surface area contributed by atoms with Gasteiger partial charge in [-0.05, 0) is 31.2 Å². The molecule has 184 valence electrons. The van der Waals surface area contributed by atoms with Gasteiger partial charge in [-0.3, -0.25) is 4.68 Å². The lowest BCUT2D eigenvalue weighted by atomic mass is 10.0. The summed E-state index contributed by atoms with van der Waals surface area (Å²) in [5.74, 6) is 1.54. The van der Waals surface area contributed by atoms with E-state index in [-0.39, 0.29) is 17.8 Å². The monoisotopic (exact) mass is 506 g/mol. The Hall–Kier alpha value is -3.83. The van der Waals surface area contributed by atoms with Crippen molar-refractivity contribution in [2.24, 2.45) is 13.0 Å². The van der Waals surface area contributed by atoms with Gasteiger partial charge in [0.25, 0.3) is 0 Å². The minimum absolute atomic E-state index is 0.110. The molecule has 11 heteroatoms. The number of rotatable bonds is 7. The fourth-order valence-corrected chi connectivity index (χ4v) is 4.96. The van der Waals surface area contributed by atoms with Crippen molar-refractivity contribution >= 4 is 44.0 Å². The van der Waals surface area contributed by atoms with Gasteiger partial charge in [-0.1, -0.05) is 0 Å². The topological polar surface area (TPSA) is 96.2 Å². The summed E-state index contributed by atoms with van der Waals surface area (Å²) in [4.78, 5) is 13.1. The highest BCUT2D eigenvalue weighted by Crippen LogP contribution is 2.40. The molecule has 0 radical (unpaired) electrons. The van der Waals surface area contributed by atoms with Crippen molar-refractivity contribution < 1.29 is 18.6 Å². The largest absolute Gasteiger partial charge is 0.493 e. The van der Waals surface area contributed by atoms with E-state index in [0.717, 1.165) is 5.56 Å². The van der Waals surface area contributed by atoms with Gasteiger partial charge in [0.05, 0.1) is 58.8 Å². The molecule has 0 unspecified atom stereocenters. The minimum atomic E-state index is -0.376. The van der Waals surface area contributed by atoms with Gasteiger partial charge in [0.1, 0.15) is 29.7 Å². The molecule has 5 aromatic rings. The average Bonchev–Trinajstić information content (AvgIpc) is 3.46. The molecular formula is C25H23FN6O3S. The van der Waals surface area contributed by atoms with Crippen molar-refractivity contribution in [2.75, 3.05) is 25.6 Å². The third kappa shape index (κ3) is 3.90. The van der Waals surface area contributed by atoms with Crippen LogP contribution in [0.3, 0.4) is 0 Å². The van der Waals surface area contributed by atoms with Crippen LogP contribution in [0, 0.1) is 11.7 Å². The van der Waals surface area contributed by atoms with Gasteiger partial charge in [-0.2, -0.15) is 5.10 Å². The Balaban J connectivity index is 1.49. The summed E-state index contributed by atoms with van der Waals surface area (Å²) >= 11 is 1.25. The number of benzene rings is 2. The molecule has 0 amide bonds. The van der Waals surface area contributed by atoms with Crippen LogP contribution in [0.5, 0.6) is 11.5 Å². The molecule has 3 aromatic heterocycles. The van der Waals surface area contributed by atoms with E-state index in [9.17, 15) is 0 Å². The van der Waals surface area contributed by atoms with Crippen molar-refractivity contribution in [3.63, 3.8) is 0 Å². The second-order valence-corrected chi connectivity index (χ2v) is 9.54. The van der Waals surface area contributed by atoms with Crippen LogP contribution < -0.4 is 14.8 Å². The van der Waals surface area contributed by atoms with E-state index in [1.54, 1.807) is 35.6 Å². The molecule has 0 saturated carbocycles. The van der Waals surface area contributed by atoms with Crippen LogP contribution in [0.4, 0.5) is 15.9 Å². The lowest BCUT2D eigenvalue weighted by Crippen LogP contribution is -2.39. The maximum absolute atomic E-state index is 15.2. The molecule has 4 heterocycles. The van der Waals surface area contributed by atoms with Gasteiger partial charge in [-0.15, -0.1) is 11.3 Å². The highest BCUT2D eigenvalue weighted by atomic mass is 32.1. The average molecular weight is 507 g/mol. The van der Waals surface area contributed by atoms with Gasteiger partial charge in [0.2, 0.25) is 0 Å². The molecule has 1 fully saturated rings. The molecule has 2 aromatic carbocycles. The van der Waals surface area contributed by atoms with Crippen molar-refractivity contribution in [3.05, 3.63) is 48.1 Å². The maximum atomic E-state index is 15.2. The van der Waals surface area contributed by atoms with E-state index in [1.807, 2.05) is 26.1 Å². The van der Waals surface area contributed by atoms with E-state index in [0.29, 0.717) is 63.0 Å². The summed E-state index contributed by atoms with van der Waals surface area (Å²) in [6.45, 7) is 3.31. The Morgan fingerprint density at radius 3 is 2.81 bits per heavy atom. The Morgan fingerprint density at radius 2 is 2.03 bits per heavy atom. The fourth-order valence-electron chi connectivity index (χ4n) is 4.24. The van der Waals surface area contributed by atoms with Gasteiger partial charge < -0.3 is 19.5 Å². The number of thiazole rings is 1. The predicted octanol–water partition coefficient (Wildman–Crippen LogP) is 4.95. The number of hydrogen-bond donors (Lipinski definition) is 1. The summed E-state index contributed by atoms with van der Waals surface area (Å²) in [5.41, 5.74) is 4.63. The summed E-state index contributed by atoms with van der Waals surface area (Å²) in [6.07, 6.45) is 3.14. The molecule has 1 aliphatic heterocycles. The van der Waals surface area contributed by atoms with E-state index in [1.165, 1.54) is 17.7 Å². The molecule has 9 nitrogen and oxygen atoms in total. The second-order valence-electron chi connectivity index (χ2n) is 8.68. The Morgan fingerprint density at radius 1 is 1.17 bits per heavy atom. The van der Waals surface area contributed by atoms with Crippen LogP contribution in [-0.4, -0.2) is 51.2 Å². The molecule has 0 bridgehead atoms. The zero-order valence-corrected chi connectivity index (χ0v) is 20.7. The molecular weight excluding hydrogens is 483 g/mol. The highest BCUT2D eigenvalue weighted by Gasteiger charge is 2.28. The summed E-state index contributed by atoms with van der Waals surface area (Å²) < 4.78 is 34.8. The molecule has 6 rings (SSSR count). The number of aromatic nitrogens is 5. The second kappa shape index (κ2) is 8.99. The van der Waals surface area contributed by atoms with Crippen molar-refractivity contribution in [2.45, 2.75) is 13.0 Å². The van der Waals surface area contributed by atoms with Crippen molar-refractivity contribution in [1.29, 1.82) is 0 Å². The number of anilines is 2. The van der Waals surface area contributed by atoms with Crippen LogP contribution in [0.15, 0.2) is 42.3 Å². The first-order chi connectivity index (χ1) is 17.5. The smallest absolute Gasteiger partial charge is 0.166 e. The quantitative estimate of drug-likeness (QED) is 0.331. The normalized spacial score (nSPS) is 14.7. The maximum Gasteiger partial charge on any atom is 0.166 e. The Labute approximate surface area is 209 Å². The number of fused-ring (bicyclic) bond motifs is 2. The molecule has 1 aliphatic rings. The third-order valence-corrected chi connectivity index (χ3v) is 7.16. The van der Waals surface area contributed by atoms with Crippen LogP contribution >= 0.6 is 11.3 Å². The Bertz CT molecular complexity index is 1580. The zero-order chi connectivity index (χ0) is 24.8. The lowest BCUT2D eigenvalue weighted by molar-refractivity contribution is -0.0773. The molecule has 1 N–H and O–H groups in total. The van der Waals surface area contributed by atoms with Gasteiger partial charge in [0, 0.05) is 18.5 Å². The number of nitrogens with one attached hydrogen (secondary N) is 1. The van der Waals surface area contributed by atoms with E-state index >= 15 is 4.39 Å². The molecule has 36 heavy (non-hydrogen) atoms. The molecule has 0 spiro atoms. The number of halogens is 1. The SMILES string of the molecule is COc1cn(C)nc1-c1cc(O[C@@H](C)C2COC2)c2c(Nc3ccc4ncsc4c3F)ncnc2c1. The predicted molar refractivity (Wildman–Crippen MR) is 136 cm³/mol. The van der Waals surface area contributed by atoms with Crippen LogP contribution in [-0.2, 0) is 11.8 Å². The van der Waals surface area contributed by atoms with Crippen LogP contribution in [0.25, 0.3) is 32.4 Å². The van der Waals surface area contributed by atoms with Crippen LogP contribution in [0.1, 0.15) is 6.92 Å². The fraction of sp³-hybridized carbons (Fsp3) is 0.280. The number of methoxy groups -OCH3 is 1. The van der Waals surface area contributed by atoms with E-state index in [4.69, 9.17) is 14.2 Å². The number of hydrogen-bond acceptors (Lipinski definition) is 9. The molecule has 1 atom stereocenters. The van der Waals surface area contributed by atoms with E-state index < -0.39 is 0 Å².